The van der Waals surface area contributed by atoms with Gasteiger partial charge in [0.15, 0.2) is 12.4 Å². The van der Waals surface area contributed by atoms with Crippen LogP contribution in [0.25, 0.3) is 11.3 Å². The molecule has 1 N–H and O–H groups in total. The monoisotopic (exact) mass is 360 g/mol. The Morgan fingerprint density at radius 2 is 1.88 bits per heavy atom. The van der Waals surface area contributed by atoms with Crippen LogP contribution in [0, 0.1) is 5.82 Å². The Morgan fingerprint density at radius 3 is 2.60 bits per heavy atom. The first-order valence-electron chi connectivity index (χ1n) is 7.47. The molecule has 1 amide bonds. The van der Waals surface area contributed by atoms with E-state index in [1.165, 1.54) is 24.3 Å². The summed E-state index contributed by atoms with van der Waals surface area (Å²) >= 11 is 5.85. The van der Waals surface area contributed by atoms with Crippen molar-refractivity contribution in [3.63, 3.8) is 0 Å². The van der Waals surface area contributed by atoms with Gasteiger partial charge >= 0.3 is 0 Å². The maximum Gasteiger partial charge on any atom is 0.258 e. The molecule has 0 unspecified atom stereocenters. The van der Waals surface area contributed by atoms with Crippen LogP contribution in [0.4, 0.5) is 4.39 Å². The molecule has 5 nitrogen and oxygen atoms in total. The Balaban J connectivity index is 1.49. The van der Waals surface area contributed by atoms with Crippen molar-refractivity contribution in [1.29, 1.82) is 0 Å². The molecular formula is C18H14ClFN2O3. The zero-order valence-corrected chi connectivity index (χ0v) is 13.8. The molecule has 0 saturated heterocycles. The molecule has 0 aliphatic carbocycles. The molecule has 0 atom stereocenters. The van der Waals surface area contributed by atoms with E-state index >= 15 is 0 Å². The summed E-state index contributed by atoms with van der Waals surface area (Å²) < 4.78 is 23.2. The minimum atomic E-state index is -0.362. The van der Waals surface area contributed by atoms with Crippen molar-refractivity contribution in [3.05, 3.63) is 71.2 Å². The van der Waals surface area contributed by atoms with Gasteiger partial charge in [0.25, 0.3) is 5.91 Å². The van der Waals surface area contributed by atoms with E-state index in [9.17, 15) is 9.18 Å². The molecule has 1 heterocycles. The highest BCUT2D eigenvalue weighted by molar-refractivity contribution is 6.30. The minimum absolute atomic E-state index is 0.177. The van der Waals surface area contributed by atoms with Crippen molar-refractivity contribution < 1.29 is 18.4 Å². The molecule has 0 aliphatic heterocycles. The van der Waals surface area contributed by atoms with Gasteiger partial charge in [-0.05, 0) is 36.4 Å². The second kappa shape index (κ2) is 7.81. The molecule has 0 saturated carbocycles. The molecular weight excluding hydrogens is 347 g/mol. The average Bonchev–Trinajstić information content (AvgIpc) is 3.09. The van der Waals surface area contributed by atoms with Crippen LogP contribution in [-0.4, -0.2) is 17.7 Å². The van der Waals surface area contributed by atoms with E-state index in [2.05, 4.69) is 10.5 Å². The van der Waals surface area contributed by atoms with E-state index in [0.717, 1.165) is 5.56 Å². The quantitative estimate of drug-likeness (QED) is 0.725. The minimum Gasteiger partial charge on any atom is -0.484 e. The number of ether oxygens (including phenoxy) is 1. The second-order valence-electron chi connectivity index (χ2n) is 5.20. The molecule has 3 rings (SSSR count). The highest BCUT2D eigenvalue weighted by Gasteiger charge is 2.09. The Hall–Kier alpha value is -2.86. The van der Waals surface area contributed by atoms with E-state index in [1.807, 2.05) is 12.1 Å². The Bertz CT molecular complexity index is 848. The fraction of sp³-hybridized carbons (Fsp3) is 0.111. The summed E-state index contributed by atoms with van der Waals surface area (Å²) in [6.07, 6.45) is 0. The van der Waals surface area contributed by atoms with Crippen LogP contribution in [0.2, 0.25) is 5.02 Å². The van der Waals surface area contributed by atoms with Crippen LogP contribution in [0.5, 0.6) is 5.75 Å². The number of nitrogens with zero attached hydrogens (tertiary/aromatic N) is 1. The summed E-state index contributed by atoms with van der Waals surface area (Å²) in [5.74, 6) is 0.244. The van der Waals surface area contributed by atoms with Gasteiger partial charge < -0.3 is 14.6 Å². The number of benzene rings is 2. The van der Waals surface area contributed by atoms with Crippen LogP contribution in [0.1, 0.15) is 5.76 Å². The van der Waals surface area contributed by atoms with Crippen LogP contribution in [0.3, 0.4) is 0 Å². The van der Waals surface area contributed by atoms with Crippen molar-refractivity contribution >= 4 is 17.5 Å². The van der Waals surface area contributed by atoms with Crippen LogP contribution >= 0.6 is 11.6 Å². The van der Waals surface area contributed by atoms with Crippen molar-refractivity contribution in [2.45, 2.75) is 6.54 Å². The predicted octanol–water partition coefficient (Wildman–Crippen LogP) is 3.83. The number of carbonyl (C=O) groups excluding carboxylic acids is 1. The first-order valence-corrected chi connectivity index (χ1v) is 7.84. The van der Waals surface area contributed by atoms with E-state index in [-0.39, 0.29) is 24.9 Å². The van der Waals surface area contributed by atoms with Gasteiger partial charge in [0.05, 0.1) is 6.54 Å². The standard InChI is InChI=1S/C18H14ClFN2O3/c19-13-3-1-12(2-4-13)17-9-16(25-22-17)10-21-18(23)11-24-15-7-5-14(20)6-8-15/h1-9H,10-11H2,(H,21,23). The van der Waals surface area contributed by atoms with Gasteiger partial charge in [-0.25, -0.2) is 4.39 Å². The Labute approximate surface area is 148 Å². The van der Waals surface area contributed by atoms with Crippen LogP contribution in [0.15, 0.2) is 59.1 Å². The van der Waals surface area contributed by atoms with Crippen LogP contribution < -0.4 is 10.1 Å². The van der Waals surface area contributed by atoms with Gasteiger partial charge in [0.1, 0.15) is 17.3 Å². The Morgan fingerprint density at radius 1 is 1.16 bits per heavy atom. The van der Waals surface area contributed by atoms with Crippen molar-refractivity contribution in [2.24, 2.45) is 0 Å². The van der Waals surface area contributed by atoms with Crippen molar-refractivity contribution in [3.8, 4) is 17.0 Å². The van der Waals surface area contributed by atoms with Gasteiger partial charge in [0.2, 0.25) is 0 Å². The smallest absolute Gasteiger partial charge is 0.258 e. The summed E-state index contributed by atoms with van der Waals surface area (Å²) in [6.45, 7) is 0.00993. The fourth-order valence-electron chi connectivity index (χ4n) is 2.07. The first-order chi connectivity index (χ1) is 12.1. The predicted molar refractivity (Wildman–Crippen MR) is 90.7 cm³/mol. The number of aromatic nitrogens is 1. The molecule has 2 aromatic carbocycles. The number of rotatable bonds is 6. The number of amides is 1. The number of nitrogens with one attached hydrogen (secondary N) is 1. The fourth-order valence-corrected chi connectivity index (χ4v) is 2.20. The molecule has 128 valence electrons. The second-order valence-corrected chi connectivity index (χ2v) is 5.64. The normalized spacial score (nSPS) is 10.5. The number of hydrogen-bond acceptors (Lipinski definition) is 4. The lowest BCUT2D eigenvalue weighted by molar-refractivity contribution is -0.123. The molecule has 0 spiro atoms. The van der Waals surface area contributed by atoms with Gasteiger partial charge in [0, 0.05) is 16.7 Å². The van der Waals surface area contributed by atoms with Gasteiger partial charge in [-0.3, -0.25) is 4.79 Å². The number of carbonyl (C=O) groups is 1. The molecule has 0 fully saturated rings. The van der Waals surface area contributed by atoms with Gasteiger partial charge in [-0.15, -0.1) is 0 Å². The summed E-state index contributed by atoms with van der Waals surface area (Å²) in [5, 5.41) is 7.26. The van der Waals surface area contributed by atoms with Crippen LogP contribution in [-0.2, 0) is 11.3 Å². The SMILES string of the molecule is O=C(COc1ccc(F)cc1)NCc1cc(-c2ccc(Cl)cc2)no1. The highest BCUT2D eigenvalue weighted by Crippen LogP contribution is 2.21. The Kier molecular flexibility index (Phi) is 5.30. The van der Waals surface area contributed by atoms with E-state index in [1.54, 1.807) is 18.2 Å². The molecule has 0 bridgehead atoms. The topological polar surface area (TPSA) is 64.4 Å². The third kappa shape index (κ3) is 4.81. The maximum absolute atomic E-state index is 12.8. The van der Waals surface area contributed by atoms with Crippen molar-refractivity contribution in [2.75, 3.05) is 6.61 Å². The third-order valence-electron chi connectivity index (χ3n) is 3.34. The van der Waals surface area contributed by atoms with E-state index in [4.69, 9.17) is 20.9 Å². The lowest BCUT2D eigenvalue weighted by atomic mass is 10.1. The molecule has 1 aromatic heterocycles. The zero-order chi connectivity index (χ0) is 17.6. The van der Waals surface area contributed by atoms with E-state index < -0.39 is 0 Å². The summed E-state index contributed by atoms with van der Waals surface area (Å²) in [4.78, 5) is 11.8. The lowest BCUT2D eigenvalue weighted by Gasteiger charge is -2.06. The molecule has 0 radical (unpaired) electrons. The zero-order valence-electron chi connectivity index (χ0n) is 13.0. The molecule has 7 heteroatoms. The highest BCUT2D eigenvalue weighted by atomic mass is 35.5. The number of hydrogen-bond donors (Lipinski definition) is 1. The third-order valence-corrected chi connectivity index (χ3v) is 3.59. The molecule has 0 aliphatic rings. The largest absolute Gasteiger partial charge is 0.484 e. The van der Waals surface area contributed by atoms with Crippen molar-refractivity contribution in [1.82, 2.24) is 10.5 Å². The molecule has 3 aromatic rings. The first kappa shape index (κ1) is 17.0. The van der Waals surface area contributed by atoms with Gasteiger partial charge in [-0.2, -0.15) is 0 Å². The maximum atomic E-state index is 12.8. The lowest BCUT2D eigenvalue weighted by Crippen LogP contribution is -2.28. The summed E-state index contributed by atoms with van der Waals surface area (Å²) in [6, 6.07) is 14.4. The number of halogens is 2. The van der Waals surface area contributed by atoms with Gasteiger partial charge in [-0.1, -0.05) is 28.9 Å². The average molecular weight is 361 g/mol. The summed E-state index contributed by atoms with van der Waals surface area (Å²) in [7, 11) is 0. The van der Waals surface area contributed by atoms with E-state index in [0.29, 0.717) is 22.2 Å². The summed E-state index contributed by atoms with van der Waals surface area (Å²) in [5.41, 5.74) is 1.52. The molecule has 25 heavy (non-hydrogen) atoms.